The number of hydrogen-bond donors (Lipinski definition) is 2. The first-order valence-electron chi connectivity index (χ1n) is 5.30. The van der Waals surface area contributed by atoms with E-state index in [9.17, 15) is 13.5 Å². The molecule has 7 heteroatoms. The lowest BCUT2D eigenvalue weighted by Crippen LogP contribution is -2.21. The zero-order chi connectivity index (χ0) is 12.9. The van der Waals surface area contributed by atoms with Gasteiger partial charge in [0.2, 0.25) is 0 Å². The maximum absolute atomic E-state index is 11.7. The van der Waals surface area contributed by atoms with Gasteiger partial charge in [-0.2, -0.15) is 8.42 Å². The molecule has 0 spiro atoms. The summed E-state index contributed by atoms with van der Waals surface area (Å²) in [5, 5.41) is 9.33. The number of benzene rings is 1. The third-order valence-electron chi connectivity index (χ3n) is 2.23. The van der Waals surface area contributed by atoms with Crippen molar-refractivity contribution >= 4 is 22.5 Å². The van der Waals surface area contributed by atoms with Crippen molar-refractivity contribution in [3.05, 3.63) is 29.8 Å². The lowest BCUT2D eigenvalue weighted by atomic mass is 10.2. The molecule has 0 saturated carbocycles. The van der Waals surface area contributed by atoms with Gasteiger partial charge in [0.25, 0.3) is 10.1 Å². The van der Waals surface area contributed by atoms with Crippen LogP contribution in [0.4, 0.5) is 0 Å². The molecule has 0 bridgehead atoms. The second kappa shape index (κ2) is 7.70. The summed E-state index contributed by atoms with van der Waals surface area (Å²) in [5.74, 6) is 0. The van der Waals surface area contributed by atoms with E-state index in [-0.39, 0.29) is 30.5 Å². The molecule has 0 amide bonds. The first-order chi connectivity index (χ1) is 7.95. The largest absolute Gasteiger partial charge is 0.391 e. The Labute approximate surface area is 113 Å². The summed E-state index contributed by atoms with van der Waals surface area (Å²) >= 11 is 0. The molecular formula is C11H18ClNO4S. The third kappa shape index (κ3) is 5.32. The highest BCUT2D eigenvalue weighted by molar-refractivity contribution is 7.86. The molecule has 0 aromatic heterocycles. The fourth-order valence-electron chi connectivity index (χ4n) is 1.22. The number of aryl methyl sites for hydroxylation is 1. The Morgan fingerprint density at radius 2 is 1.89 bits per heavy atom. The molecule has 3 N–H and O–H groups in total. The standard InChI is InChI=1S/C11H17NO4S.ClH/c1-9-2-4-11(5-3-9)17(14,15)16-8-10(13)6-7-12;/h2-5,10,13H,6-8,12H2,1H3;1H. The van der Waals surface area contributed by atoms with Gasteiger partial charge in [-0.1, -0.05) is 17.7 Å². The predicted octanol–water partition coefficient (Wildman–Crippen LogP) is 0.832. The van der Waals surface area contributed by atoms with Gasteiger partial charge in [-0.25, -0.2) is 0 Å². The van der Waals surface area contributed by atoms with Crippen LogP contribution in [0.15, 0.2) is 29.2 Å². The first kappa shape index (κ1) is 17.3. The first-order valence-corrected chi connectivity index (χ1v) is 6.71. The minimum absolute atomic E-state index is 0. The Bertz CT molecular complexity index is 447. The number of halogens is 1. The molecule has 18 heavy (non-hydrogen) atoms. The van der Waals surface area contributed by atoms with Crippen LogP contribution in [0, 0.1) is 6.92 Å². The van der Waals surface area contributed by atoms with Crippen LogP contribution in [-0.2, 0) is 14.3 Å². The van der Waals surface area contributed by atoms with Crippen LogP contribution >= 0.6 is 12.4 Å². The van der Waals surface area contributed by atoms with Gasteiger partial charge in [0.05, 0.1) is 17.6 Å². The summed E-state index contributed by atoms with van der Waals surface area (Å²) in [4.78, 5) is 0.0862. The lowest BCUT2D eigenvalue weighted by molar-refractivity contribution is 0.105. The van der Waals surface area contributed by atoms with Crippen LogP contribution in [0.25, 0.3) is 0 Å². The molecule has 1 aromatic carbocycles. The summed E-state index contributed by atoms with van der Waals surface area (Å²) < 4.78 is 28.1. The Morgan fingerprint density at radius 3 is 2.39 bits per heavy atom. The average molecular weight is 296 g/mol. The van der Waals surface area contributed by atoms with E-state index in [2.05, 4.69) is 0 Å². The monoisotopic (exact) mass is 295 g/mol. The van der Waals surface area contributed by atoms with Gasteiger partial charge in [-0.05, 0) is 32.0 Å². The van der Waals surface area contributed by atoms with E-state index < -0.39 is 16.2 Å². The Morgan fingerprint density at radius 1 is 1.33 bits per heavy atom. The van der Waals surface area contributed by atoms with E-state index in [1.165, 1.54) is 12.1 Å². The summed E-state index contributed by atoms with van der Waals surface area (Å²) in [7, 11) is -3.79. The van der Waals surface area contributed by atoms with Crippen molar-refractivity contribution in [2.75, 3.05) is 13.2 Å². The van der Waals surface area contributed by atoms with E-state index in [1.54, 1.807) is 12.1 Å². The highest BCUT2D eigenvalue weighted by atomic mass is 35.5. The van der Waals surface area contributed by atoms with Gasteiger partial charge in [-0.3, -0.25) is 4.18 Å². The lowest BCUT2D eigenvalue weighted by Gasteiger charge is -2.10. The van der Waals surface area contributed by atoms with Gasteiger partial charge < -0.3 is 10.8 Å². The van der Waals surface area contributed by atoms with Gasteiger partial charge in [0, 0.05) is 0 Å². The van der Waals surface area contributed by atoms with Crippen molar-refractivity contribution in [1.29, 1.82) is 0 Å². The molecule has 0 aliphatic carbocycles. The molecule has 0 aliphatic heterocycles. The summed E-state index contributed by atoms with van der Waals surface area (Å²) in [6, 6.07) is 6.32. The summed E-state index contributed by atoms with van der Waals surface area (Å²) in [6.07, 6.45) is -0.552. The molecule has 0 heterocycles. The van der Waals surface area contributed by atoms with Crippen LogP contribution in [0.1, 0.15) is 12.0 Å². The topological polar surface area (TPSA) is 89.6 Å². The van der Waals surface area contributed by atoms with Crippen molar-refractivity contribution in [3.63, 3.8) is 0 Å². The second-order valence-corrected chi connectivity index (χ2v) is 5.40. The van der Waals surface area contributed by atoms with Crippen molar-refractivity contribution in [2.45, 2.75) is 24.3 Å². The number of rotatable bonds is 6. The fourth-order valence-corrected chi connectivity index (χ4v) is 2.16. The molecule has 1 aromatic rings. The maximum Gasteiger partial charge on any atom is 0.297 e. The minimum Gasteiger partial charge on any atom is -0.391 e. The SMILES string of the molecule is Cc1ccc(S(=O)(=O)OCC(O)CCN)cc1.Cl. The second-order valence-electron chi connectivity index (χ2n) is 3.78. The Hall–Kier alpha value is -0.660. The van der Waals surface area contributed by atoms with Crippen LogP contribution in [0.5, 0.6) is 0 Å². The van der Waals surface area contributed by atoms with Crippen molar-refractivity contribution in [3.8, 4) is 0 Å². The molecule has 0 radical (unpaired) electrons. The van der Waals surface area contributed by atoms with E-state index in [1.807, 2.05) is 6.92 Å². The van der Waals surface area contributed by atoms with Crippen molar-refractivity contribution in [2.24, 2.45) is 5.73 Å². The number of nitrogens with two attached hydrogens (primary N) is 1. The van der Waals surface area contributed by atoms with Crippen molar-refractivity contribution < 1.29 is 17.7 Å². The number of aliphatic hydroxyl groups is 1. The highest BCUT2D eigenvalue weighted by Crippen LogP contribution is 2.13. The molecule has 0 aliphatic rings. The maximum atomic E-state index is 11.7. The van der Waals surface area contributed by atoms with Gasteiger partial charge in [0.15, 0.2) is 0 Å². The molecular weight excluding hydrogens is 278 g/mol. The molecule has 1 atom stereocenters. The quantitative estimate of drug-likeness (QED) is 0.759. The smallest absolute Gasteiger partial charge is 0.297 e. The number of hydrogen-bond acceptors (Lipinski definition) is 5. The van der Waals surface area contributed by atoms with E-state index in [0.29, 0.717) is 6.42 Å². The zero-order valence-electron chi connectivity index (χ0n) is 10.1. The van der Waals surface area contributed by atoms with Crippen LogP contribution in [0.3, 0.4) is 0 Å². The minimum atomic E-state index is -3.79. The number of aliphatic hydroxyl groups excluding tert-OH is 1. The zero-order valence-corrected chi connectivity index (χ0v) is 11.7. The van der Waals surface area contributed by atoms with Crippen LogP contribution < -0.4 is 5.73 Å². The molecule has 1 rings (SSSR count). The fraction of sp³-hybridized carbons (Fsp3) is 0.455. The van der Waals surface area contributed by atoms with Crippen LogP contribution in [-0.4, -0.2) is 32.8 Å². The molecule has 5 nitrogen and oxygen atoms in total. The molecule has 104 valence electrons. The van der Waals surface area contributed by atoms with Gasteiger partial charge >= 0.3 is 0 Å². The van der Waals surface area contributed by atoms with E-state index >= 15 is 0 Å². The van der Waals surface area contributed by atoms with E-state index in [0.717, 1.165) is 5.56 Å². The molecule has 0 saturated heterocycles. The summed E-state index contributed by atoms with van der Waals surface area (Å²) in [6.45, 7) is 1.88. The van der Waals surface area contributed by atoms with Crippen LogP contribution in [0.2, 0.25) is 0 Å². The predicted molar refractivity (Wildman–Crippen MR) is 71.2 cm³/mol. The third-order valence-corrected chi connectivity index (χ3v) is 3.52. The average Bonchev–Trinajstić information content (AvgIpc) is 2.28. The molecule has 1 unspecified atom stereocenters. The highest BCUT2D eigenvalue weighted by Gasteiger charge is 2.16. The summed E-state index contributed by atoms with van der Waals surface area (Å²) in [5.41, 5.74) is 6.20. The van der Waals surface area contributed by atoms with Gasteiger partial charge in [0.1, 0.15) is 0 Å². The normalized spacial score (nSPS) is 12.8. The Kier molecular flexibility index (Phi) is 7.42. The van der Waals surface area contributed by atoms with Crippen molar-refractivity contribution in [1.82, 2.24) is 0 Å². The van der Waals surface area contributed by atoms with E-state index in [4.69, 9.17) is 9.92 Å². The Balaban J connectivity index is 0.00000289. The molecule has 0 fully saturated rings. The van der Waals surface area contributed by atoms with Gasteiger partial charge in [-0.15, -0.1) is 12.4 Å².